The van der Waals surface area contributed by atoms with E-state index in [2.05, 4.69) is 0 Å². The Labute approximate surface area is 176 Å². The molecule has 2 aromatic rings. The molecule has 5 nitrogen and oxygen atoms in total. The van der Waals surface area contributed by atoms with Gasteiger partial charge in [-0.25, -0.2) is 4.79 Å². The van der Waals surface area contributed by atoms with Crippen molar-refractivity contribution >= 4 is 29.3 Å². The van der Waals surface area contributed by atoms with Gasteiger partial charge in [0.1, 0.15) is 5.60 Å². The third-order valence-electron chi connectivity index (χ3n) is 5.37. The molecule has 0 aliphatic carbocycles. The van der Waals surface area contributed by atoms with Crippen molar-refractivity contribution in [3.63, 3.8) is 0 Å². The number of nitrogens with zero attached hydrogens (tertiary/aromatic N) is 2. The highest BCUT2D eigenvalue weighted by Crippen LogP contribution is 2.44. The van der Waals surface area contributed by atoms with Gasteiger partial charge in [-0.2, -0.15) is 0 Å². The summed E-state index contributed by atoms with van der Waals surface area (Å²) in [5.74, 6) is -0.0200. The lowest BCUT2D eigenvalue weighted by atomic mass is 9.95. The summed E-state index contributed by atoms with van der Waals surface area (Å²) in [5.41, 5.74) is 3.12. The van der Waals surface area contributed by atoms with Crippen molar-refractivity contribution in [2.45, 2.75) is 38.7 Å². The molecule has 6 heteroatoms. The largest absolute Gasteiger partial charge is 0.444 e. The summed E-state index contributed by atoms with van der Waals surface area (Å²) >= 11 is 6.52. The fraction of sp³-hybridized carbons (Fsp3) is 0.391. The maximum atomic E-state index is 13.2. The molecule has 0 saturated carbocycles. The number of halogens is 1. The molecule has 4 rings (SSSR count). The minimum Gasteiger partial charge on any atom is -0.444 e. The van der Waals surface area contributed by atoms with Crippen molar-refractivity contribution in [2.75, 3.05) is 24.5 Å². The molecule has 0 saturated heterocycles. The zero-order valence-electron chi connectivity index (χ0n) is 16.9. The van der Waals surface area contributed by atoms with Crippen LogP contribution in [0.15, 0.2) is 42.5 Å². The summed E-state index contributed by atoms with van der Waals surface area (Å²) < 4.78 is 5.59. The molecule has 0 radical (unpaired) electrons. The molecule has 2 aromatic carbocycles. The number of rotatable bonds is 1. The zero-order chi connectivity index (χ0) is 20.8. The van der Waals surface area contributed by atoms with Crippen LogP contribution in [0, 0.1) is 0 Å². The van der Waals surface area contributed by atoms with Gasteiger partial charge in [-0.3, -0.25) is 4.79 Å². The third kappa shape index (κ3) is 3.84. The van der Waals surface area contributed by atoms with Crippen LogP contribution in [0.2, 0.25) is 5.02 Å². The van der Waals surface area contributed by atoms with Gasteiger partial charge in [0.25, 0.3) is 5.91 Å². The second kappa shape index (κ2) is 7.38. The smallest absolute Gasteiger partial charge is 0.410 e. The van der Waals surface area contributed by atoms with E-state index in [0.717, 1.165) is 16.8 Å². The van der Waals surface area contributed by atoms with Gasteiger partial charge in [-0.15, -0.1) is 0 Å². The van der Waals surface area contributed by atoms with Gasteiger partial charge in [0.2, 0.25) is 0 Å². The van der Waals surface area contributed by atoms with Crippen LogP contribution in [0.25, 0.3) is 0 Å². The first-order chi connectivity index (χ1) is 13.7. The Hall–Kier alpha value is -2.53. The van der Waals surface area contributed by atoms with Gasteiger partial charge in [0.15, 0.2) is 0 Å². The average molecular weight is 413 g/mol. The number of hydrogen-bond acceptors (Lipinski definition) is 3. The lowest BCUT2D eigenvalue weighted by Crippen LogP contribution is -2.40. The molecule has 2 amide bonds. The Balaban J connectivity index is 1.67. The van der Waals surface area contributed by atoms with Gasteiger partial charge >= 0.3 is 6.09 Å². The van der Waals surface area contributed by atoms with Crippen molar-refractivity contribution < 1.29 is 14.3 Å². The van der Waals surface area contributed by atoms with Gasteiger partial charge < -0.3 is 14.5 Å². The Morgan fingerprint density at radius 2 is 1.79 bits per heavy atom. The van der Waals surface area contributed by atoms with E-state index in [9.17, 15) is 9.59 Å². The van der Waals surface area contributed by atoms with Gasteiger partial charge in [0.05, 0.1) is 0 Å². The lowest BCUT2D eigenvalue weighted by molar-refractivity contribution is 0.0248. The van der Waals surface area contributed by atoms with E-state index in [-0.39, 0.29) is 17.9 Å². The monoisotopic (exact) mass is 412 g/mol. The third-order valence-corrected chi connectivity index (χ3v) is 5.72. The molecule has 2 aliphatic rings. The minimum absolute atomic E-state index is 0.0152. The van der Waals surface area contributed by atoms with E-state index in [1.54, 1.807) is 4.90 Å². The number of carbonyl (C=O) groups excluding carboxylic acids is 2. The first-order valence-electron chi connectivity index (χ1n) is 9.91. The van der Waals surface area contributed by atoms with Crippen molar-refractivity contribution in [1.82, 2.24) is 4.90 Å². The van der Waals surface area contributed by atoms with Crippen LogP contribution in [0.5, 0.6) is 0 Å². The van der Waals surface area contributed by atoms with Crippen molar-refractivity contribution in [1.29, 1.82) is 0 Å². The van der Waals surface area contributed by atoms with Crippen molar-refractivity contribution in [3.05, 3.63) is 64.2 Å². The number of ether oxygens (including phenoxy) is 1. The van der Waals surface area contributed by atoms with E-state index in [1.807, 2.05) is 68.1 Å². The van der Waals surface area contributed by atoms with Crippen LogP contribution in [0.1, 0.15) is 48.2 Å². The summed E-state index contributed by atoms with van der Waals surface area (Å²) in [6, 6.07) is 13.0. The molecule has 152 valence electrons. The van der Waals surface area contributed by atoms with E-state index < -0.39 is 5.60 Å². The Morgan fingerprint density at radius 1 is 1.07 bits per heavy atom. The van der Waals surface area contributed by atoms with Crippen molar-refractivity contribution in [2.24, 2.45) is 0 Å². The molecule has 0 spiro atoms. The van der Waals surface area contributed by atoms with Gasteiger partial charge in [-0.1, -0.05) is 29.8 Å². The molecule has 0 aromatic heterocycles. The Kier molecular flexibility index (Phi) is 5.03. The first kappa shape index (κ1) is 19.8. The Bertz CT molecular complexity index is 953. The van der Waals surface area contributed by atoms with Crippen LogP contribution >= 0.6 is 11.6 Å². The maximum absolute atomic E-state index is 13.2. The summed E-state index contributed by atoms with van der Waals surface area (Å²) in [4.78, 5) is 29.4. The highest BCUT2D eigenvalue weighted by Gasteiger charge is 2.39. The van der Waals surface area contributed by atoms with Crippen LogP contribution in [-0.2, 0) is 11.2 Å². The van der Waals surface area contributed by atoms with Crippen molar-refractivity contribution in [3.8, 4) is 0 Å². The molecule has 0 fully saturated rings. The fourth-order valence-electron chi connectivity index (χ4n) is 4.16. The van der Waals surface area contributed by atoms with Crippen LogP contribution in [0.3, 0.4) is 0 Å². The molecular weight excluding hydrogens is 388 g/mol. The number of anilines is 1. The molecule has 1 atom stereocenters. The predicted molar refractivity (Wildman–Crippen MR) is 114 cm³/mol. The molecule has 1 unspecified atom stereocenters. The predicted octanol–water partition coefficient (Wildman–Crippen LogP) is 4.88. The van der Waals surface area contributed by atoms with E-state index >= 15 is 0 Å². The average Bonchev–Trinajstić information content (AvgIpc) is 2.91. The molecular formula is C23H25ClN2O3. The SMILES string of the molecule is CC(C)(C)OC(=O)N1CCc2c(Cl)ccc3c2C(C1)CN3C(=O)c1ccccc1. The number of amides is 2. The molecule has 2 heterocycles. The highest BCUT2D eigenvalue weighted by molar-refractivity contribution is 6.31. The zero-order valence-corrected chi connectivity index (χ0v) is 17.7. The normalized spacial score (nSPS) is 18.3. The molecule has 29 heavy (non-hydrogen) atoms. The number of benzene rings is 2. The highest BCUT2D eigenvalue weighted by atomic mass is 35.5. The topological polar surface area (TPSA) is 49.9 Å². The first-order valence-corrected chi connectivity index (χ1v) is 10.3. The molecule has 0 N–H and O–H groups in total. The quantitative estimate of drug-likeness (QED) is 0.670. The van der Waals surface area contributed by atoms with Crippen LogP contribution in [-0.4, -0.2) is 42.1 Å². The standard InChI is InChI=1S/C23H25ClN2O3/c1-23(2,3)29-22(28)25-12-11-17-18(24)9-10-19-20(17)16(13-25)14-26(19)21(27)15-7-5-4-6-8-15/h4-10,16H,11-14H2,1-3H3. The minimum atomic E-state index is -0.552. The lowest BCUT2D eigenvalue weighted by Gasteiger charge is -2.28. The fourth-order valence-corrected chi connectivity index (χ4v) is 4.41. The van der Waals surface area contributed by atoms with Crippen LogP contribution in [0.4, 0.5) is 10.5 Å². The van der Waals surface area contributed by atoms with Crippen LogP contribution < -0.4 is 4.90 Å². The van der Waals surface area contributed by atoms with E-state index in [0.29, 0.717) is 36.6 Å². The van der Waals surface area contributed by atoms with E-state index in [1.165, 1.54) is 0 Å². The van der Waals surface area contributed by atoms with E-state index in [4.69, 9.17) is 16.3 Å². The summed E-state index contributed by atoms with van der Waals surface area (Å²) in [7, 11) is 0. The Morgan fingerprint density at radius 3 is 2.48 bits per heavy atom. The number of carbonyl (C=O) groups is 2. The molecule has 2 aliphatic heterocycles. The molecule has 0 bridgehead atoms. The second-order valence-electron chi connectivity index (χ2n) is 8.61. The summed E-state index contributed by atoms with van der Waals surface area (Å²) in [6.45, 7) is 7.17. The number of hydrogen-bond donors (Lipinski definition) is 0. The van der Waals surface area contributed by atoms with Gasteiger partial charge in [0, 0.05) is 41.8 Å². The second-order valence-corrected chi connectivity index (χ2v) is 9.02. The summed E-state index contributed by atoms with van der Waals surface area (Å²) in [5, 5.41) is 0.689. The maximum Gasteiger partial charge on any atom is 0.410 e. The van der Waals surface area contributed by atoms with Gasteiger partial charge in [-0.05, 0) is 62.6 Å². The summed E-state index contributed by atoms with van der Waals surface area (Å²) in [6.07, 6.45) is 0.321.